The van der Waals surface area contributed by atoms with Crippen molar-refractivity contribution in [3.05, 3.63) is 16.5 Å². The molecule has 0 spiro atoms. The third kappa shape index (κ3) is 2.39. The van der Waals surface area contributed by atoms with E-state index in [2.05, 4.69) is 14.5 Å². The average Bonchev–Trinajstić information content (AvgIpc) is 2.84. The van der Waals surface area contributed by atoms with Gasteiger partial charge in [0.15, 0.2) is 0 Å². The number of alkyl halides is 2. The predicted octanol–water partition coefficient (Wildman–Crippen LogP) is 3.40. The Morgan fingerprint density at radius 1 is 1.37 bits per heavy atom. The lowest BCUT2D eigenvalue weighted by atomic mass is 9.79. The van der Waals surface area contributed by atoms with Crippen LogP contribution in [0.15, 0.2) is 4.52 Å². The summed E-state index contributed by atoms with van der Waals surface area (Å²) in [5, 5.41) is 3.92. The Labute approximate surface area is 113 Å². The number of rotatable bonds is 3. The molecule has 1 saturated carbocycles. The van der Waals surface area contributed by atoms with E-state index in [-0.39, 0.29) is 18.8 Å². The monoisotopic (exact) mass is 285 g/mol. The van der Waals surface area contributed by atoms with E-state index < -0.39 is 5.92 Å². The summed E-state index contributed by atoms with van der Waals surface area (Å²) < 4.78 is 34.9. The molecule has 0 atom stereocenters. The zero-order valence-electron chi connectivity index (χ0n) is 10.6. The highest BCUT2D eigenvalue weighted by Gasteiger charge is 2.45. The van der Waals surface area contributed by atoms with Gasteiger partial charge in [0.1, 0.15) is 0 Å². The largest absolute Gasteiger partial charge is 0.339 e. The van der Waals surface area contributed by atoms with Gasteiger partial charge >= 0.3 is 0 Å². The fraction of sp³-hybridized carbons (Fsp3) is 0.583. The molecule has 7 heteroatoms. The zero-order valence-corrected chi connectivity index (χ0v) is 11.4. The van der Waals surface area contributed by atoms with Crippen molar-refractivity contribution in [3.63, 3.8) is 0 Å². The second-order valence-corrected chi connectivity index (χ2v) is 6.02. The van der Waals surface area contributed by atoms with E-state index in [9.17, 15) is 8.78 Å². The maximum atomic E-state index is 12.8. The van der Waals surface area contributed by atoms with Crippen molar-refractivity contribution >= 4 is 11.5 Å². The topological polar surface area (TPSA) is 51.8 Å². The van der Waals surface area contributed by atoms with Gasteiger partial charge in [-0.1, -0.05) is 5.16 Å². The number of aromatic nitrogens is 3. The van der Waals surface area contributed by atoms with E-state index in [0.717, 1.165) is 16.1 Å². The Hall–Kier alpha value is -1.37. The molecular weight excluding hydrogens is 272 g/mol. The molecule has 3 rings (SSSR count). The first kappa shape index (κ1) is 12.7. The van der Waals surface area contributed by atoms with Crippen molar-refractivity contribution in [1.82, 2.24) is 14.5 Å². The molecule has 1 aliphatic rings. The van der Waals surface area contributed by atoms with E-state index in [1.54, 1.807) is 0 Å². The van der Waals surface area contributed by atoms with Crippen molar-refractivity contribution in [2.75, 3.05) is 0 Å². The van der Waals surface area contributed by atoms with E-state index in [1.165, 1.54) is 11.5 Å². The minimum atomic E-state index is -2.50. The minimum absolute atomic E-state index is 0.0499. The minimum Gasteiger partial charge on any atom is -0.339 e. The maximum absolute atomic E-state index is 12.8. The molecule has 2 aromatic rings. The lowest BCUT2D eigenvalue weighted by molar-refractivity contribution is -0.111. The van der Waals surface area contributed by atoms with Crippen LogP contribution in [0.3, 0.4) is 0 Å². The predicted molar refractivity (Wildman–Crippen MR) is 66.3 cm³/mol. The third-order valence-corrected chi connectivity index (χ3v) is 4.21. The molecule has 0 saturated heterocycles. The summed E-state index contributed by atoms with van der Waals surface area (Å²) in [5.74, 6) is -1.62. The van der Waals surface area contributed by atoms with Crippen LogP contribution < -0.4 is 0 Å². The van der Waals surface area contributed by atoms with Gasteiger partial charge in [0.25, 0.3) is 0 Å². The van der Waals surface area contributed by atoms with Crippen LogP contribution in [0.5, 0.6) is 0 Å². The van der Waals surface area contributed by atoms with Gasteiger partial charge in [-0.25, -0.2) is 8.78 Å². The number of hydrogen-bond donors (Lipinski definition) is 0. The van der Waals surface area contributed by atoms with Crippen molar-refractivity contribution < 1.29 is 13.3 Å². The van der Waals surface area contributed by atoms with Crippen LogP contribution in [0, 0.1) is 19.8 Å². The summed E-state index contributed by atoms with van der Waals surface area (Å²) in [6.07, 6.45) is 0.268. The molecular formula is C12H13F2N3OS. The Morgan fingerprint density at radius 3 is 2.68 bits per heavy atom. The summed E-state index contributed by atoms with van der Waals surface area (Å²) in [7, 11) is 0. The van der Waals surface area contributed by atoms with Gasteiger partial charge in [0, 0.05) is 24.1 Å². The normalized spacial score (nSPS) is 18.5. The molecule has 1 aliphatic carbocycles. The van der Waals surface area contributed by atoms with Crippen LogP contribution >= 0.6 is 11.5 Å². The third-order valence-electron chi connectivity index (χ3n) is 3.36. The van der Waals surface area contributed by atoms with Crippen LogP contribution in [0.25, 0.3) is 11.4 Å². The summed E-state index contributed by atoms with van der Waals surface area (Å²) in [6.45, 7) is 3.84. The average molecular weight is 285 g/mol. The molecule has 19 heavy (non-hydrogen) atoms. The van der Waals surface area contributed by atoms with Crippen LogP contribution in [0.2, 0.25) is 0 Å². The van der Waals surface area contributed by atoms with Gasteiger partial charge in [-0.2, -0.15) is 9.36 Å². The number of nitrogens with zero attached hydrogens (tertiary/aromatic N) is 3. The second-order valence-electron chi connectivity index (χ2n) is 5.05. The standard InChI is InChI=1S/C12H13F2N3OS/c1-6-10(7(2)19-17-6)11-15-9(18-16-11)3-8-4-12(13,14)5-8/h8H,3-5H2,1-2H3. The molecule has 0 radical (unpaired) electrons. The van der Waals surface area contributed by atoms with Crippen LogP contribution in [-0.4, -0.2) is 20.4 Å². The maximum Gasteiger partial charge on any atom is 0.248 e. The van der Waals surface area contributed by atoms with E-state index in [0.29, 0.717) is 18.1 Å². The fourth-order valence-corrected chi connectivity index (χ4v) is 3.11. The summed E-state index contributed by atoms with van der Waals surface area (Å²) in [4.78, 5) is 5.32. The second kappa shape index (κ2) is 4.33. The first-order valence-electron chi connectivity index (χ1n) is 6.08. The molecule has 2 heterocycles. The lowest BCUT2D eigenvalue weighted by Gasteiger charge is -2.33. The molecule has 2 aromatic heterocycles. The smallest absolute Gasteiger partial charge is 0.248 e. The van der Waals surface area contributed by atoms with Crippen LogP contribution in [0.1, 0.15) is 29.3 Å². The van der Waals surface area contributed by atoms with Gasteiger partial charge in [0.2, 0.25) is 17.6 Å². The Balaban J connectivity index is 1.74. The van der Waals surface area contributed by atoms with Gasteiger partial charge < -0.3 is 4.52 Å². The van der Waals surface area contributed by atoms with Gasteiger partial charge in [0.05, 0.1) is 11.3 Å². The number of halogens is 2. The van der Waals surface area contributed by atoms with Crippen LogP contribution in [0.4, 0.5) is 8.78 Å². The molecule has 0 aliphatic heterocycles. The highest BCUT2D eigenvalue weighted by atomic mass is 32.1. The molecule has 1 fully saturated rings. The highest BCUT2D eigenvalue weighted by Crippen LogP contribution is 2.43. The highest BCUT2D eigenvalue weighted by molar-refractivity contribution is 7.06. The molecule has 0 aromatic carbocycles. The van der Waals surface area contributed by atoms with E-state index in [1.807, 2.05) is 13.8 Å². The van der Waals surface area contributed by atoms with Crippen molar-refractivity contribution in [2.45, 2.75) is 39.0 Å². The van der Waals surface area contributed by atoms with E-state index in [4.69, 9.17) is 4.52 Å². The Morgan fingerprint density at radius 2 is 2.11 bits per heavy atom. The first-order valence-corrected chi connectivity index (χ1v) is 6.85. The van der Waals surface area contributed by atoms with Gasteiger partial charge in [-0.3, -0.25) is 0 Å². The number of hydrogen-bond acceptors (Lipinski definition) is 5. The van der Waals surface area contributed by atoms with Gasteiger partial charge in [-0.05, 0) is 31.3 Å². The van der Waals surface area contributed by atoms with Crippen molar-refractivity contribution in [3.8, 4) is 11.4 Å². The molecule has 0 amide bonds. The summed E-state index contributed by atoms with van der Waals surface area (Å²) in [6, 6.07) is 0. The van der Waals surface area contributed by atoms with Gasteiger partial charge in [-0.15, -0.1) is 0 Å². The van der Waals surface area contributed by atoms with Crippen molar-refractivity contribution in [2.24, 2.45) is 5.92 Å². The molecule has 0 bridgehead atoms. The SMILES string of the molecule is Cc1nsc(C)c1-c1noc(CC2CC(F)(F)C2)n1. The van der Waals surface area contributed by atoms with Crippen molar-refractivity contribution in [1.29, 1.82) is 0 Å². The van der Waals surface area contributed by atoms with Crippen LogP contribution in [-0.2, 0) is 6.42 Å². The summed E-state index contributed by atoms with van der Waals surface area (Å²) >= 11 is 1.39. The number of aryl methyl sites for hydroxylation is 2. The lowest BCUT2D eigenvalue weighted by Crippen LogP contribution is -2.36. The molecule has 0 unspecified atom stereocenters. The summed E-state index contributed by atoms with van der Waals surface area (Å²) in [5.41, 5.74) is 1.75. The quantitative estimate of drug-likeness (QED) is 0.867. The Bertz CT molecular complexity index is 580. The Kier molecular flexibility index (Phi) is 2.88. The molecule has 102 valence electrons. The molecule has 4 nitrogen and oxygen atoms in total. The zero-order chi connectivity index (χ0) is 13.6. The first-order chi connectivity index (χ1) is 8.94. The fourth-order valence-electron chi connectivity index (χ4n) is 2.42. The van der Waals surface area contributed by atoms with E-state index >= 15 is 0 Å². The molecule has 0 N–H and O–H groups in total.